The van der Waals surface area contributed by atoms with Crippen molar-refractivity contribution in [2.24, 2.45) is 0 Å². The smallest absolute Gasteiger partial charge is 0.466 e. The van der Waals surface area contributed by atoms with Gasteiger partial charge in [0.1, 0.15) is 5.75 Å². The van der Waals surface area contributed by atoms with Crippen molar-refractivity contribution in [3.8, 4) is 5.75 Å². The van der Waals surface area contributed by atoms with Crippen LogP contribution in [0.15, 0.2) is 66.7 Å². The van der Waals surface area contributed by atoms with Crippen LogP contribution in [0.3, 0.4) is 0 Å². The van der Waals surface area contributed by atoms with Crippen molar-refractivity contribution >= 4 is 23.7 Å². The maximum Gasteiger partial charge on any atom is 0.514 e. The SMILES string of the molecule is CCOC(=O)CCCCCCN1C(=O)CC[C@@H]1C=C[C@@H](OC(=O)Oc1ccc([N+](=O)[O-])cc1)C(F)(F)c1ccccc1. The van der Waals surface area contributed by atoms with Gasteiger partial charge in [0.15, 0.2) is 6.10 Å². The van der Waals surface area contributed by atoms with Gasteiger partial charge in [-0.15, -0.1) is 0 Å². The summed E-state index contributed by atoms with van der Waals surface area (Å²) in [5, 5.41) is 10.8. The fourth-order valence-electron chi connectivity index (χ4n) is 4.53. The number of unbranched alkanes of at least 4 members (excludes halogenated alkanes) is 3. The molecule has 10 nitrogen and oxygen atoms in total. The standard InChI is InChI=1S/C30H34F2N2O8/c1-2-40-28(36)12-8-3-4-9-21-33-23(16-20-27(33)35)15-19-26(30(31,32)22-10-6-5-7-11-22)42-29(37)41-25-17-13-24(14-18-25)34(38)39/h5-7,10-11,13-15,17-19,23,26H,2-4,8-9,12,16,20-21H2,1H3/t23-,26+/m0/s1. The minimum atomic E-state index is -3.64. The first-order chi connectivity index (χ1) is 20.1. The van der Waals surface area contributed by atoms with Gasteiger partial charge in [-0.05, 0) is 44.4 Å². The molecule has 1 amide bonds. The Hall–Kier alpha value is -4.35. The lowest BCUT2D eigenvalue weighted by Gasteiger charge is -2.26. The number of halogens is 2. The number of rotatable bonds is 15. The largest absolute Gasteiger partial charge is 0.514 e. The second kappa shape index (κ2) is 15.6. The Labute approximate surface area is 242 Å². The number of alkyl halides is 2. The van der Waals surface area contributed by atoms with E-state index in [2.05, 4.69) is 0 Å². The summed E-state index contributed by atoms with van der Waals surface area (Å²) in [6.45, 7) is 2.52. The topological polar surface area (TPSA) is 125 Å². The van der Waals surface area contributed by atoms with Crippen LogP contribution in [0.5, 0.6) is 5.75 Å². The van der Waals surface area contributed by atoms with Gasteiger partial charge in [-0.2, -0.15) is 8.78 Å². The number of non-ortho nitro benzene ring substituents is 1. The zero-order chi connectivity index (χ0) is 30.5. The zero-order valence-corrected chi connectivity index (χ0v) is 23.3. The summed E-state index contributed by atoms with van der Waals surface area (Å²) in [6, 6.07) is 10.9. The molecule has 0 radical (unpaired) electrons. The van der Waals surface area contributed by atoms with Gasteiger partial charge in [-0.25, -0.2) is 4.79 Å². The summed E-state index contributed by atoms with van der Waals surface area (Å²) in [5.74, 6) is -4.09. The lowest BCUT2D eigenvalue weighted by Crippen LogP contribution is -2.36. The number of likely N-dealkylation sites (tertiary alicyclic amines) is 1. The van der Waals surface area contributed by atoms with Crippen molar-refractivity contribution in [1.82, 2.24) is 4.90 Å². The number of amides is 1. The third kappa shape index (κ3) is 9.35. The summed E-state index contributed by atoms with van der Waals surface area (Å²) in [7, 11) is 0. The van der Waals surface area contributed by atoms with E-state index >= 15 is 8.78 Å². The first kappa shape index (κ1) is 32.2. The molecule has 0 N–H and O–H groups in total. The Morgan fingerprint density at radius 2 is 1.79 bits per heavy atom. The van der Waals surface area contributed by atoms with Gasteiger partial charge in [0.2, 0.25) is 5.91 Å². The summed E-state index contributed by atoms with van der Waals surface area (Å²) in [6.07, 6.45) is 3.00. The Kier molecular flexibility index (Phi) is 11.9. The van der Waals surface area contributed by atoms with Crippen LogP contribution in [-0.2, 0) is 25.0 Å². The fraction of sp³-hybridized carbons (Fsp3) is 0.433. The second-order valence-electron chi connectivity index (χ2n) is 9.68. The summed E-state index contributed by atoms with van der Waals surface area (Å²) < 4.78 is 46.1. The molecule has 2 atom stereocenters. The van der Waals surface area contributed by atoms with E-state index in [1.54, 1.807) is 17.9 Å². The molecule has 12 heteroatoms. The fourth-order valence-corrected chi connectivity index (χ4v) is 4.53. The molecule has 1 saturated heterocycles. The van der Waals surface area contributed by atoms with Gasteiger partial charge < -0.3 is 19.1 Å². The van der Waals surface area contributed by atoms with Crippen molar-refractivity contribution in [2.45, 2.75) is 69.9 Å². The van der Waals surface area contributed by atoms with Crippen molar-refractivity contribution in [1.29, 1.82) is 0 Å². The second-order valence-corrected chi connectivity index (χ2v) is 9.68. The highest BCUT2D eigenvalue weighted by Gasteiger charge is 2.43. The van der Waals surface area contributed by atoms with Gasteiger partial charge in [0.05, 0.1) is 17.6 Å². The quantitative estimate of drug-likeness (QED) is 0.0590. The molecule has 0 aliphatic carbocycles. The average molecular weight is 589 g/mol. The third-order valence-electron chi connectivity index (χ3n) is 6.71. The van der Waals surface area contributed by atoms with Gasteiger partial charge in [-0.3, -0.25) is 19.7 Å². The lowest BCUT2D eigenvalue weighted by atomic mass is 10.0. The number of hydrogen-bond acceptors (Lipinski definition) is 8. The third-order valence-corrected chi connectivity index (χ3v) is 6.71. The van der Waals surface area contributed by atoms with Crippen molar-refractivity contribution in [2.75, 3.05) is 13.2 Å². The highest BCUT2D eigenvalue weighted by Crippen LogP contribution is 2.35. The van der Waals surface area contributed by atoms with Crippen molar-refractivity contribution in [3.63, 3.8) is 0 Å². The van der Waals surface area contributed by atoms with E-state index in [1.165, 1.54) is 30.3 Å². The van der Waals surface area contributed by atoms with Crippen LogP contribution < -0.4 is 4.74 Å². The molecular formula is C30H34F2N2O8. The summed E-state index contributed by atoms with van der Waals surface area (Å²) in [5.41, 5.74) is -0.621. The Morgan fingerprint density at radius 3 is 2.45 bits per heavy atom. The molecule has 1 aliphatic heterocycles. The number of nitro benzene ring substituents is 1. The molecular weight excluding hydrogens is 554 g/mol. The van der Waals surface area contributed by atoms with E-state index < -0.39 is 29.1 Å². The first-order valence-electron chi connectivity index (χ1n) is 13.8. The molecule has 0 aromatic heterocycles. The van der Waals surface area contributed by atoms with E-state index in [-0.39, 0.29) is 35.3 Å². The Balaban J connectivity index is 1.66. The Bertz CT molecular complexity index is 1240. The number of carbonyl (C=O) groups excluding carboxylic acids is 3. The monoisotopic (exact) mass is 588 g/mol. The molecule has 42 heavy (non-hydrogen) atoms. The molecule has 1 fully saturated rings. The van der Waals surface area contributed by atoms with E-state index in [0.717, 1.165) is 43.2 Å². The molecule has 0 spiro atoms. The van der Waals surface area contributed by atoms with E-state index in [1.807, 2.05) is 0 Å². The molecule has 3 rings (SSSR count). The van der Waals surface area contributed by atoms with Crippen LogP contribution in [0.1, 0.15) is 57.4 Å². The first-order valence-corrected chi connectivity index (χ1v) is 13.8. The van der Waals surface area contributed by atoms with E-state index in [9.17, 15) is 24.5 Å². The lowest BCUT2D eigenvalue weighted by molar-refractivity contribution is -0.384. The van der Waals surface area contributed by atoms with Crippen LogP contribution >= 0.6 is 0 Å². The molecule has 0 bridgehead atoms. The maximum atomic E-state index is 15.6. The number of nitro groups is 1. The summed E-state index contributed by atoms with van der Waals surface area (Å²) in [4.78, 5) is 48.3. The molecule has 1 aliphatic rings. The molecule has 2 aromatic carbocycles. The highest BCUT2D eigenvalue weighted by atomic mass is 19.3. The normalized spacial score (nSPS) is 15.9. The number of carbonyl (C=O) groups is 3. The highest BCUT2D eigenvalue weighted by molar-refractivity contribution is 5.79. The van der Waals surface area contributed by atoms with Gasteiger partial charge in [-0.1, -0.05) is 49.2 Å². The number of benzene rings is 2. The number of nitrogens with zero attached hydrogens (tertiary/aromatic N) is 2. The molecule has 1 heterocycles. The van der Waals surface area contributed by atoms with Gasteiger partial charge in [0, 0.05) is 37.1 Å². The minimum Gasteiger partial charge on any atom is -0.466 e. The zero-order valence-electron chi connectivity index (χ0n) is 23.3. The molecule has 226 valence electrons. The summed E-state index contributed by atoms with van der Waals surface area (Å²) >= 11 is 0. The average Bonchev–Trinajstić information content (AvgIpc) is 3.32. The minimum absolute atomic E-state index is 0.0963. The van der Waals surface area contributed by atoms with Crippen LogP contribution in [0.2, 0.25) is 0 Å². The maximum absolute atomic E-state index is 15.6. The van der Waals surface area contributed by atoms with Crippen LogP contribution in [0.4, 0.5) is 19.3 Å². The van der Waals surface area contributed by atoms with Crippen LogP contribution in [0.25, 0.3) is 0 Å². The number of ether oxygens (including phenoxy) is 3. The predicted octanol–water partition coefficient (Wildman–Crippen LogP) is 6.33. The Morgan fingerprint density at radius 1 is 1.10 bits per heavy atom. The molecule has 0 unspecified atom stereocenters. The van der Waals surface area contributed by atoms with Gasteiger partial charge in [0.25, 0.3) is 5.69 Å². The molecule has 0 saturated carbocycles. The van der Waals surface area contributed by atoms with Gasteiger partial charge >= 0.3 is 18.0 Å². The molecule has 2 aromatic rings. The number of hydrogen-bond donors (Lipinski definition) is 0. The number of esters is 1. The van der Waals surface area contributed by atoms with E-state index in [0.29, 0.717) is 38.8 Å². The van der Waals surface area contributed by atoms with Crippen molar-refractivity contribution < 1.29 is 42.3 Å². The van der Waals surface area contributed by atoms with Crippen molar-refractivity contribution in [3.05, 3.63) is 82.4 Å². The predicted molar refractivity (Wildman–Crippen MR) is 148 cm³/mol. The van der Waals surface area contributed by atoms with E-state index in [4.69, 9.17) is 14.2 Å². The van der Waals surface area contributed by atoms with Crippen LogP contribution in [-0.4, -0.2) is 53.2 Å². The van der Waals surface area contributed by atoms with Crippen LogP contribution in [0, 0.1) is 10.1 Å².